The highest BCUT2D eigenvalue weighted by Gasteiger charge is 2.41. The average Bonchev–Trinajstić information content (AvgIpc) is 2.72. The SMILES string of the molecule is C=C1C(=O)N(Cc2cc(OC)c(OC)c(OC)c2)[C@H]1c1ccc(OC)cc1. The Hall–Kier alpha value is -3.15. The largest absolute Gasteiger partial charge is 0.497 e. The van der Waals surface area contributed by atoms with Gasteiger partial charge >= 0.3 is 0 Å². The molecule has 0 aromatic heterocycles. The lowest BCUT2D eigenvalue weighted by Gasteiger charge is -2.42. The van der Waals surface area contributed by atoms with Gasteiger partial charge in [0.2, 0.25) is 5.75 Å². The average molecular weight is 369 g/mol. The minimum atomic E-state index is -0.164. The first-order chi connectivity index (χ1) is 13.0. The van der Waals surface area contributed by atoms with Crippen molar-refractivity contribution in [3.8, 4) is 23.0 Å². The molecule has 0 aliphatic carbocycles. The maximum absolute atomic E-state index is 12.4. The van der Waals surface area contributed by atoms with Gasteiger partial charge in [0.05, 0.1) is 34.5 Å². The van der Waals surface area contributed by atoms with E-state index in [0.717, 1.165) is 16.9 Å². The highest BCUT2D eigenvalue weighted by molar-refractivity contribution is 6.01. The quantitative estimate of drug-likeness (QED) is 0.553. The van der Waals surface area contributed by atoms with Crippen LogP contribution in [0.5, 0.6) is 23.0 Å². The van der Waals surface area contributed by atoms with Crippen molar-refractivity contribution in [1.82, 2.24) is 4.90 Å². The summed E-state index contributed by atoms with van der Waals surface area (Å²) in [6.45, 7) is 4.34. The maximum atomic E-state index is 12.4. The van der Waals surface area contributed by atoms with Crippen molar-refractivity contribution >= 4 is 5.91 Å². The van der Waals surface area contributed by atoms with E-state index in [9.17, 15) is 4.79 Å². The van der Waals surface area contributed by atoms with Crippen molar-refractivity contribution in [1.29, 1.82) is 0 Å². The summed E-state index contributed by atoms with van der Waals surface area (Å²) in [5.41, 5.74) is 2.45. The van der Waals surface area contributed by atoms with Crippen LogP contribution >= 0.6 is 0 Å². The van der Waals surface area contributed by atoms with Crippen molar-refractivity contribution in [3.05, 3.63) is 59.7 Å². The number of ether oxygens (including phenoxy) is 4. The minimum absolute atomic E-state index is 0.0652. The zero-order valence-corrected chi connectivity index (χ0v) is 15.9. The van der Waals surface area contributed by atoms with Crippen LogP contribution in [-0.2, 0) is 11.3 Å². The maximum Gasteiger partial charge on any atom is 0.252 e. The molecule has 0 spiro atoms. The van der Waals surface area contributed by atoms with E-state index in [0.29, 0.717) is 29.4 Å². The first-order valence-corrected chi connectivity index (χ1v) is 8.46. The van der Waals surface area contributed by atoms with Gasteiger partial charge in [0.15, 0.2) is 11.5 Å². The third-order valence-electron chi connectivity index (χ3n) is 4.69. The summed E-state index contributed by atoms with van der Waals surface area (Å²) >= 11 is 0. The first kappa shape index (κ1) is 18.6. The third kappa shape index (κ3) is 3.30. The molecule has 1 fully saturated rings. The van der Waals surface area contributed by atoms with Gasteiger partial charge in [-0.2, -0.15) is 0 Å². The van der Waals surface area contributed by atoms with E-state index in [1.54, 1.807) is 33.3 Å². The third-order valence-corrected chi connectivity index (χ3v) is 4.69. The highest BCUT2D eigenvalue weighted by Crippen LogP contribution is 2.43. The molecular weight excluding hydrogens is 346 g/mol. The Bertz CT molecular complexity index is 834. The molecule has 2 aromatic rings. The normalized spacial score (nSPS) is 16.0. The van der Waals surface area contributed by atoms with Crippen molar-refractivity contribution in [2.75, 3.05) is 28.4 Å². The molecule has 0 unspecified atom stereocenters. The van der Waals surface area contributed by atoms with Gasteiger partial charge in [-0.3, -0.25) is 4.79 Å². The summed E-state index contributed by atoms with van der Waals surface area (Å²) in [5, 5.41) is 0. The summed E-state index contributed by atoms with van der Waals surface area (Å²) in [4.78, 5) is 14.2. The molecule has 1 atom stereocenters. The molecule has 0 N–H and O–H groups in total. The predicted molar refractivity (Wildman–Crippen MR) is 102 cm³/mol. The molecule has 6 heteroatoms. The summed E-state index contributed by atoms with van der Waals surface area (Å²) in [7, 11) is 6.32. The van der Waals surface area contributed by atoms with Gasteiger partial charge in [-0.15, -0.1) is 0 Å². The van der Waals surface area contributed by atoms with Gasteiger partial charge in [0.1, 0.15) is 5.75 Å². The molecule has 142 valence electrons. The van der Waals surface area contributed by atoms with Gasteiger partial charge < -0.3 is 23.8 Å². The number of methoxy groups -OCH3 is 4. The van der Waals surface area contributed by atoms with Crippen LogP contribution in [0.3, 0.4) is 0 Å². The van der Waals surface area contributed by atoms with Gasteiger partial charge in [0.25, 0.3) is 5.91 Å². The molecule has 0 bridgehead atoms. The second kappa shape index (κ2) is 7.61. The predicted octanol–water partition coefficient (Wildman–Crippen LogP) is 3.36. The lowest BCUT2D eigenvalue weighted by molar-refractivity contribution is -0.138. The molecule has 6 nitrogen and oxygen atoms in total. The van der Waals surface area contributed by atoms with Crippen LogP contribution < -0.4 is 18.9 Å². The van der Waals surface area contributed by atoms with E-state index >= 15 is 0 Å². The van der Waals surface area contributed by atoms with Crippen molar-refractivity contribution in [3.63, 3.8) is 0 Å². The Balaban J connectivity index is 1.89. The molecule has 0 saturated carbocycles. The van der Waals surface area contributed by atoms with Crippen molar-refractivity contribution in [2.24, 2.45) is 0 Å². The summed E-state index contributed by atoms with van der Waals surface area (Å²) in [6.07, 6.45) is 0. The van der Waals surface area contributed by atoms with Gasteiger partial charge in [0, 0.05) is 12.1 Å². The van der Waals surface area contributed by atoms with E-state index < -0.39 is 0 Å². The molecule has 27 heavy (non-hydrogen) atoms. The zero-order chi connectivity index (χ0) is 19.6. The van der Waals surface area contributed by atoms with E-state index in [4.69, 9.17) is 18.9 Å². The Morgan fingerprint density at radius 2 is 1.52 bits per heavy atom. The van der Waals surface area contributed by atoms with Gasteiger partial charge in [-0.25, -0.2) is 0 Å². The van der Waals surface area contributed by atoms with Crippen LogP contribution in [0.2, 0.25) is 0 Å². The number of benzene rings is 2. The lowest BCUT2D eigenvalue weighted by atomic mass is 9.88. The topological polar surface area (TPSA) is 57.2 Å². The fraction of sp³-hybridized carbons (Fsp3) is 0.286. The number of carbonyl (C=O) groups is 1. The van der Waals surface area contributed by atoms with Crippen molar-refractivity contribution in [2.45, 2.75) is 12.6 Å². The van der Waals surface area contributed by atoms with E-state index in [-0.39, 0.29) is 11.9 Å². The smallest absolute Gasteiger partial charge is 0.252 e. The second-order valence-corrected chi connectivity index (χ2v) is 6.17. The molecule has 2 aromatic carbocycles. The molecule has 1 saturated heterocycles. The van der Waals surface area contributed by atoms with E-state index in [2.05, 4.69) is 6.58 Å². The molecule has 1 amide bonds. The number of hydrogen-bond acceptors (Lipinski definition) is 5. The van der Waals surface area contributed by atoms with E-state index in [1.807, 2.05) is 36.4 Å². The standard InChI is InChI=1S/C21H23NO5/c1-13-19(15-6-8-16(24-2)9-7-15)22(21(13)23)12-14-10-17(25-3)20(27-5)18(11-14)26-4/h6-11,19H,1,12H2,2-5H3/t19-/m1/s1. The van der Waals surface area contributed by atoms with Gasteiger partial charge in [-0.1, -0.05) is 18.7 Å². The number of amides is 1. The van der Waals surface area contributed by atoms with Crippen molar-refractivity contribution < 1.29 is 23.7 Å². The first-order valence-electron chi connectivity index (χ1n) is 8.46. The summed E-state index contributed by atoms with van der Waals surface area (Å²) in [5.74, 6) is 2.34. The minimum Gasteiger partial charge on any atom is -0.497 e. The number of carbonyl (C=O) groups excluding carboxylic acids is 1. The fourth-order valence-electron chi connectivity index (χ4n) is 3.29. The van der Waals surface area contributed by atoms with Crippen LogP contribution in [0.1, 0.15) is 17.2 Å². The summed E-state index contributed by atoms with van der Waals surface area (Å²) < 4.78 is 21.3. The second-order valence-electron chi connectivity index (χ2n) is 6.17. The van der Waals surface area contributed by atoms with Crippen LogP contribution in [0.25, 0.3) is 0 Å². The Morgan fingerprint density at radius 3 is 2.00 bits per heavy atom. The Morgan fingerprint density at radius 1 is 0.926 bits per heavy atom. The Labute approximate surface area is 158 Å². The molecule has 1 aliphatic rings. The molecule has 1 heterocycles. The zero-order valence-electron chi connectivity index (χ0n) is 15.9. The molecule has 3 rings (SSSR count). The number of rotatable bonds is 7. The summed E-state index contributed by atoms with van der Waals surface area (Å²) in [6, 6.07) is 11.2. The van der Waals surface area contributed by atoms with Crippen LogP contribution in [0.15, 0.2) is 48.6 Å². The van der Waals surface area contributed by atoms with Crippen LogP contribution in [-0.4, -0.2) is 39.2 Å². The molecule has 1 aliphatic heterocycles. The molecular formula is C21H23NO5. The molecule has 0 radical (unpaired) electrons. The highest BCUT2D eigenvalue weighted by atomic mass is 16.5. The number of nitrogens with zero attached hydrogens (tertiary/aromatic N) is 1. The monoisotopic (exact) mass is 369 g/mol. The van der Waals surface area contributed by atoms with E-state index in [1.165, 1.54) is 0 Å². The van der Waals surface area contributed by atoms with Gasteiger partial charge in [-0.05, 0) is 35.4 Å². The number of likely N-dealkylation sites (tertiary alicyclic amines) is 1. The fourth-order valence-corrected chi connectivity index (χ4v) is 3.29. The van der Waals surface area contributed by atoms with Crippen LogP contribution in [0.4, 0.5) is 0 Å². The Kier molecular flexibility index (Phi) is 5.26. The number of hydrogen-bond donors (Lipinski definition) is 0. The lowest BCUT2D eigenvalue weighted by Crippen LogP contribution is -2.47. The number of β-lactam (4-membered cyclic amide) rings is 1. The van der Waals surface area contributed by atoms with Crippen LogP contribution in [0, 0.1) is 0 Å².